The summed E-state index contributed by atoms with van der Waals surface area (Å²) >= 11 is 0. The molecule has 0 radical (unpaired) electrons. The number of rotatable bonds is 6. The lowest BCUT2D eigenvalue weighted by Crippen LogP contribution is -2.48. The highest BCUT2D eigenvalue weighted by atomic mass is 16.5. The average Bonchev–Trinajstić information content (AvgIpc) is 2.59. The van der Waals surface area contributed by atoms with E-state index >= 15 is 0 Å². The van der Waals surface area contributed by atoms with Crippen molar-refractivity contribution in [2.75, 3.05) is 13.2 Å². The van der Waals surface area contributed by atoms with Crippen molar-refractivity contribution in [2.24, 2.45) is 11.7 Å². The molecule has 0 aliphatic carbocycles. The Morgan fingerprint density at radius 2 is 1.96 bits per heavy atom. The van der Waals surface area contributed by atoms with Gasteiger partial charge in [-0.3, -0.25) is 9.59 Å². The van der Waals surface area contributed by atoms with Gasteiger partial charge in [0.15, 0.2) is 0 Å². The quantitative estimate of drug-likeness (QED) is 0.452. The molecule has 7 nitrogen and oxygen atoms in total. The minimum atomic E-state index is -1.26. The summed E-state index contributed by atoms with van der Waals surface area (Å²) in [5, 5.41) is 2.37. The van der Waals surface area contributed by atoms with Crippen LogP contribution >= 0.6 is 0 Å². The normalized spacial score (nSPS) is 19.8. The highest BCUT2D eigenvalue weighted by Gasteiger charge is 2.46. The lowest BCUT2D eigenvalue weighted by Gasteiger charge is -2.31. The summed E-state index contributed by atoms with van der Waals surface area (Å²) in [6, 6.07) is 8.70. The molecule has 1 aliphatic rings. The van der Waals surface area contributed by atoms with Crippen LogP contribution in [0.5, 0.6) is 0 Å². The van der Waals surface area contributed by atoms with Gasteiger partial charge in [0.05, 0.1) is 12.2 Å². The van der Waals surface area contributed by atoms with E-state index in [1.165, 1.54) is 6.08 Å². The molecule has 1 aromatic carbocycles. The van der Waals surface area contributed by atoms with Crippen molar-refractivity contribution in [3.05, 3.63) is 59.9 Å². The maximum absolute atomic E-state index is 12.4. The van der Waals surface area contributed by atoms with Crippen LogP contribution in [-0.2, 0) is 23.9 Å². The molecule has 2 unspecified atom stereocenters. The molecule has 3 N–H and O–H groups in total. The van der Waals surface area contributed by atoms with Gasteiger partial charge in [0.1, 0.15) is 18.3 Å². The second-order valence-electron chi connectivity index (χ2n) is 5.32. The number of esters is 2. The van der Waals surface area contributed by atoms with E-state index < -0.39 is 29.7 Å². The fourth-order valence-corrected chi connectivity index (χ4v) is 2.70. The maximum Gasteiger partial charge on any atom is 0.338 e. The van der Waals surface area contributed by atoms with Crippen LogP contribution in [0.4, 0.5) is 0 Å². The molecule has 0 saturated heterocycles. The number of ether oxygens (including phenoxy) is 2. The fraction of sp³-hybridized carbons (Fsp3) is 0.278. The maximum atomic E-state index is 12.4. The predicted octanol–water partition coefficient (Wildman–Crippen LogP) is 0.979. The van der Waals surface area contributed by atoms with Crippen LogP contribution in [0.3, 0.4) is 0 Å². The van der Waals surface area contributed by atoms with Gasteiger partial charge < -0.3 is 20.5 Å². The minimum Gasteiger partial charge on any atom is -0.463 e. The van der Waals surface area contributed by atoms with Gasteiger partial charge in [-0.2, -0.15) is 0 Å². The van der Waals surface area contributed by atoms with Crippen LogP contribution < -0.4 is 11.1 Å². The molecule has 25 heavy (non-hydrogen) atoms. The summed E-state index contributed by atoms with van der Waals surface area (Å²) in [6.45, 7) is 5.22. The highest BCUT2D eigenvalue weighted by Crippen LogP contribution is 2.37. The number of hydrogen-bond acceptors (Lipinski definition) is 6. The van der Waals surface area contributed by atoms with Crippen LogP contribution in [-0.4, -0.2) is 31.1 Å². The number of hydrogen-bond donors (Lipinski definition) is 2. The zero-order valence-corrected chi connectivity index (χ0v) is 13.9. The molecule has 0 bridgehead atoms. The zero-order chi connectivity index (χ0) is 18.4. The van der Waals surface area contributed by atoms with Gasteiger partial charge in [-0.1, -0.05) is 43.0 Å². The predicted molar refractivity (Wildman–Crippen MR) is 89.8 cm³/mol. The Balaban J connectivity index is 2.54. The molecule has 0 aromatic heterocycles. The van der Waals surface area contributed by atoms with Crippen molar-refractivity contribution in [1.82, 2.24) is 5.32 Å². The first-order valence-corrected chi connectivity index (χ1v) is 7.81. The van der Waals surface area contributed by atoms with Gasteiger partial charge in [0.2, 0.25) is 5.91 Å². The van der Waals surface area contributed by atoms with Gasteiger partial charge in [-0.15, -0.1) is 0 Å². The van der Waals surface area contributed by atoms with Crippen molar-refractivity contribution in [3.8, 4) is 0 Å². The van der Waals surface area contributed by atoms with E-state index in [2.05, 4.69) is 11.9 Å². The molecule has 1 amide bonds. The van der Waals surface area contributed by atoms with Crippen molar-refractivity contribution < 1.29 is 23.9 Å². The number of nitrogens with one attached hydrogen (secondary N) is 1. The molecule has 132 valence electrons. The van der Waals surface area contributed by atoms with E-state index in [1.807, 2.05) is 0 Å². The molecule has 0 saturated carbocycles. The second-order valence-corrected chi connectivity index (χ2v) is 5.32. The van der Waals surface area contributed by atoms with Crippen LogP contribution in [0.2, 0.25) is 0 Å². The SMILES string of the molecule is C=CCOC(=O)C1C(=O)NC(N)=C(C(=O)OCC)C1c1ccccc1. The van der Waals surface area contributed by atoms with Crippen molar-refractivity contribution in [3.63, 3.8) is 0 Å². The topological polar surface area (TPSA) is 108 Å². The monoisotopic (exact) mass is 344 g/mol. The van der Waals surface area contributed by atoms with E-state index in [0.29, 0.717) is 5.56 Å². The molecule has 7 heteroatoms. The third-order valence-electron chi connectivity index (χ3n) is 3.73. The summed E-state index contributed by atoms with van der Waals surface area (Å²) in [6.07, 6.45) is 1.40. The molecular weight excluding hydrogens is 324 g/mol. The highest BCUT2D eigenvalue weighted by molar-refractivity contribution is 6.05. The number of nitrogens with two attached hydrogens (primary N) is 1. The average molecular weight is 344 g/mol. The Labute approximate surface area is 145 Å². The first kappa shape index (κ1) is 18.3. The van der Waals surface area contributed by atoms with Gasteiger partial charge in [0, 0.05) is 5.92 Å². The molecule has 0 fully saturated rings. The lowest BCUT2D eigenvalue weighted by atomic mass is 9.77. The van der Waals surface area contributed by atoms with E-state index in [0.717, 1.165) is 0 Å². The smallest absolute Gasteiger partial charge is 0.338 e. The van der Waals surface area contributed by atoms with Crippen molar-refractivity contribution in [2.45, 2.75) is 12.8 Å². The Morgan fingerprint density at radius 3 is 2.56 bits per heavy atom. The molecular formula is C18H20N2O5. The summed E-state index contributed by atoms with van der Waals surface area (Å²) in [7, 11) is 0. The summed E-state index contributed by atoms with van der Waals surface area (Å²) < 4.78 is 10.1. The van der Waals surface area contributed by atoms with Gasteiger partial charge in [0.25, 0.3) is 0 Å². The van der Waals surface area contributed by atoms with Gasteiger partial charge >= 0.3 is 11.9 Å². The van der Waals surface area contributed by atoms with Gasteiger partial charge in [-0.25, -0.2) is 4.79 Å². The van der Waals surface area contributed by atoms with E-state index in [-0.39, 0.29) is 24.6 Å². The first-order chi connectivity index (χ1) is 12.0. The van der Waals surface area contributed by atoms with E-state index in [9.17, 15) is 14.4 Å². The Hall–Kier alpha value is -3.09. The first-order valence-electron chi connectivity index (χ1n) is 7.81. The Kier molecular flexibility index (Phi) is 5.94. The van der Waals surface area contributed by atoms with Crippen LogP contribution in [0.15, 0.2) is 54.4 Å². The largest absolute Gasteiger partial charge is 0.463 e. The molecule has 0 spiro atoms. The molecule has 1 aromatic rings. The molecule has 1 heterocycles. The van der Waals surface area contributed by atoms with Crippen LogP contribution in [0.1, 0.15) is 18.4 Å². The summed E-state index contributed by atoms with van der Waals surface area (Å²) in [5.41, 5.74) is 6.49. The molecule has 2 rings (SSSR count). The number of amides is 1. The van der Waals surface area contributed by atoms with Crippen molar-refractivity contribution in [1.29, 1.82) is 0 Å². The van der Waals surface area contributed by atoms with Crippen LogP contribution in [0.25, 0.3) is 0 Å². The standard InChI is InChI=1S/C18H20N2O5/c1-3-10-25-18(23)14-12(11-8-6-5-7-9-11)13(17(22)24-4-2)15(19)20-16(14)21/h3,5-9,12,14H,1,4,10,19H2,2H3,(H,20,21). The molecule has 1 aliphatic heterocycles. The Morgan fingerprint density at radius 1 is 1.28 bits per heavy atom. The number of carbonyl (C=O) groups excluding carboxylic acids is 3. The summed E-state index contributed by atoms with van der Waals surface area (Å²) in [5.74, 6) is -4.35. The molecule has 2 atom stereocenters. The van der Waals surface area contributed by atoms with Crippen molar-refractivity contribution >= 4 is 17.8 Å². The number of carbonyl (C=O) groups is 3. The lowest BCUT2D eigenvalue weighted by molar-refractivity contribution is -0.152. The van der Waals surface area contributed by atoms with E-state index in [1.54, 1.807) is 37.3 Å². The zero-order valence-electron chi connectivity index (χ0n) is 13.9. The minimum absolute atomic E-state index is 0.0354. The van der Waals surface area contributed by atoms with E-state index in [4.69, 9.17) is 15.2 Å². The Bertz CT molecular complexity index is 711. The second kappa shape index (κ2) is 8.14. The van der Waals surface area contributed by atoms with Gasteiger partial charge in [-0.05, 0) is 12.5 Å². The summed E-state index contributed by atoms with van der Waals surface area (Å²) in [4.78, 5) is 37.3. The fourth-order valence-electron chi connectivity index (χ4n) is 2.70. The third-order valence-corrected chi connectivity index (χ3v) is 3.73. The third kappa shape index (κ3) is 3.88. The number of benzene rings is 1. The van der Waals surface area contributed by atoms with Crippen LogP contribution in [0, 0.1) is 5.92 Å².